The van der Waals surface area contributed by atoms with E-state index in [-0.39, 0.29) is 29.8 Å². The van der Waals surface area contributed by atoms with Crippen LogP contribution in [-0.2, 0) is 9.53 Å². The highest BCUT2D eigenvalue weighted by Crippen LogP contribution is 2.44. The second kappa shape index (κ2) is 9.19. The number of rotatable bonds is 7. The highest BCUT2D eigenvalue weighted by molar-refractivity contribution is 7.14. The summed E-state index contributed by atoms with van der Waals surface area (Å²) in [5, 5.41) is 15.6. The SMILES string of the molecule is CC[C@@H](NC(=O)c1csc(NC(=O)OCC2c3ccccc3-c3ccccc32)n1)C(=O)O. The molecular weight excluding hydrogens is 430 g/mol. The quantitative estimate of drug-likeness (QED) is 0.498. The Morgan fingerprint density at radius 3 is 2.31 bits per heavy atom. The van der Waals surface area contributed by atoms with Crippen molar-refractivity contribution < 1.29 is 24.2 Å². The van der Waals surface area contributed by atoms with Crippen LogP contribution in [0.2, 0.25) is 0 Å². The lowest BCUT2D eigenvalue weighted by Crippen LogP contribution is -2.40. The lowest BCUT2D eigenvalue weighted by molar-refractivity contribution is -0.139. The average molecular weight is 452 g/mol. The molecule has 1 heterocycles. The van der Waals surface area contributed by atoms with Gasteiger partial charge in [-0.2, -0.15) is 0 Å². The molecule has 9 heteroatoms. The molecule has 1 aliphatic rings. The van der Waals surface area contributed by atoms with Gasteiger partial charge in [0.25, 0.3) is 5.91 Å². The number of thiazole rings is 1. The number of aromatic nitrogens is 1. The molecule has 1 atom stereocenters. The van der Waals surface area contributed by atoms with Gasteiger partial charge >= 0.3 is 12.1 Å². The summed E-state index contributed by atoms with van der Waals surface area (Å²) in [5.74, 6) is -1.79. The van der Waals surface area contributed by atoms with Gasteiger partial charge in [0.1, 0.15) is 18.3 Å². The van der Waals surface area contributed by atoms with E-state index in [4.69, 9.17) is 9.84 Å². The van der Waals surface area contributed by atoms with Gasteiger partial charge in [-0.3, -0.25) is 10.1 Å². The van der Waals surface area contributed by atoms with Gasteiger partial charge in [-0.25, -0.2) is 14.6 Å². The fourth-order valence-corrected chi connectivity index (χ4v) is 4.40. The van der Waals surface area contributed by atoms with Crippen molar-refractivity contribution in [1.29, 1.82) is 0 Å². The second-order valence-corrected chi connectivity index (χ2v) is 8.12. The number of hydrogen-bond donors (Lipinski definition) is 3. The topological polar surface area (TPSA) is 118 Å². The summed E-state index contributed by atoms with van der Waals surface area (Å²) in [4.78, 5) is 39.6. The van der Waals surface area contributed by atoms with Crippen molar-refractivity contribution >= 4 is 34.4 Å². The third kappa shape index (κ3) is 4.33. The highest BCUT2D eigenvalue weighted by atomic mass is 32.1. The Morgan fingerprint density at radius 1 is 1.09 bits per heavy atom. The van der Waals surface area contributed by atoms with Gasteiger partial charge in [0, 0.05) is 11.3 Å². The van der Waals surface area contributed by atoms with E-state index in [9.17, 15) is 14.4 Å². The number of benzene rings is 2. The molecule has 8 nitrogen and oxygen atoms in total. The van der Waals surface area contributed by atoms with Crippen molar-refractivity contribution in [3.05, 3.63) is 70.7 Å². The molecule has 4 rings (SSSR count). The van der Waals surface area contributed by atoms with Crippen LogP contribution in [0.25, 0.3) is 11.1 Å². The van der Waals surface area contributed by atoms with Gasteiger partial charge in [-0.15, -0.1) is 11.3 Å². The zero-order valence-corrected chi connectivity index (χ0v) is 18.0. The van der Waals surface area contributed by atoms with Crippen LogP contribution in [-0.4, -0.2) is 40.7 Å². The zero-order chi connectivity index (χ0) is 22.7. The molecule has 1 aromatic heterocycles. The van der Waals surface area contributed by atoms with Gasteiger partial charge in [0.2, 0.25) is 0 Å². The maximum atomic E-state index is 12.3. The van der Waals surface area contributed by atoms with Gasteiger partial charge in [-0.05, 0) is 28.7 Å². The number of anilines is 1. The van der Waals surface area contributed by atoms with Crippen molar-refractivity contribution in [2.24, 2.45) is 0 Å². The molecule has 0 spiro atoms. The summed E-state index contributed by atoms with van der Waals surface area (Å²) < 4.78 is 5.47. The maximum Gasteiger partial charge on any atom is 0.413 e. The number of ether oxygens (including phenoxy) is 1. The lowest BCUT2D eigenvalue weighted by atomic mass is 9.98. The van der Waals surface area contributed by atoms with Crippen LogP contribution in [0.15, 0.2) is 53.9 Å². The molecule has 164 valence electrons. The van der Waals surface area contributed by atoms with Crippen LogP contribution in [0.5, 0.6) is 0 Å². The van der Waals surface area contributed by atoms with Crippen LogP contribution in [0.1, 0.15) is 40.9 Å². The molecule has 3 N–H and O–H groups in total. The normalized spacial score (nSPS) is 13.0. The molecule has 0 radical (unpaired) electrons. The minimum Gasteiger partial charge on any atom is -0.480 e. The van der Waals surface area contributed by atoms with Gasteiger partial charge in [0.05, 0.1) is 0 Å². The summed E-state index contributed by atoms with van der Waals surface area (Å²) in [6.45, 7) is 1.82. The highest BCUT2D eigenvalue weighted by Gasteiger charge is 2.29. The predicted molar refractivity (Wildman–Crippen MR) is 120 cm³/mol. The Balaban J connectivity index is 1.37. The number of fused-ring (bicyclic) bond motifs is 3. The Kier molecular flexibility index (Phi) is 6.18. The summed E-state index contributed by atoms with van der Waals surface area (Å²) in [5.41, 5.74) is 4.53. The van der Waals surface area contributed by atoms with E-state index in [1.54, 1.807) is 6.92 Å². The van der Waals surface area contributed by atoms with E-state index < -0.39 is 24.0 Å². The van der Waals surface area contributed by atoms with Crippen LogP contribution in [0.3, 0.4) is 0 Å². The number of amides is 2. The molecule has 0 saturated carbocycles. The van der Waals surface area contributed by atoms with Gasteiger partial charge in [-0.1, -0.05) is 55.5 Å². The van der Waals surface area contributed by atoms with Crippen molar-refractivity contribution in [1.82, 2.24) is 10.3 Å². The van der Waals surface area contributed by atoms with Crippen LogP contribution in [0.4, 0.5) is 9.93 Å². The Bertz CT molecular complexity index is 1130. The molecule has 3 aromatic rings. The van der Waals surface area contributed by atoms with E-state index in [1.807, 2.05) is 36.4 Å². The summed E-state index contributed by atoms with van der Waals surface area (Å²) in [6, 6.07) is 15.1. The molecule has 2 aromatic carbocycles. The van der Waals surface area contributed by atoms with Crippen LogP contribution in [0, 0.1) is 0 Å². The number of hydrogen-bond acceptors (Lipinski definition) is 6. The first-order chi connectivity index (χ1) is 15.5. The van der Waals surface area contributed by atoms with Crippen molar-refractivity contribution in [2.75, 3.05) is 11.9 Å². The van der Waals surface area contributed by atoms with Gasteiger partial charge < -0.3 is 15.2 Å². The van der Waals surface area contributed by atoms with E-state index >= 15 is 0 Å². The summed E-state index contributed by atoms with van der Waals surface area (Å²) in [7, 11) is 0. The fourth-order valence-electron chi connectivity index (χ4n) is 3.73. The molecule has 2 amide bonds. The molecule has 0 aliphatic heterocycles. The zero-order valence-electron chi connectivity index (χ0n) is 17.2. The summed E-state index contributed by atoms with van der Waals surface area (Å²) in [6.07, 6.45) is -0.430. The first kappa shape index (κ1) is 21.5. The number of aliphatic carboxylic acids is 1. The molecule has 0 saturated heterocycles. The Labute approximate surface area is 188 Å². The standard InChI is InChI=1S/C23H21N3O5S/c1-2-18(21(28)29)24-20(27)19-12-32-22(25-19)26-23(30)31-11-17-15-9-5-3-7-13(15)14-8-4-6-10-16(14)17/h3-10,12,17-18H,2,11H2,1H3,(H,24,27)(H,28,29)(H,25,26,30)/t18-/m1/s1. The maximum absolute atomic E-state index is 12.3. The summed E-state index contributed by atoms with van der Waals surface area (Å²) >= 11 is 1.05. The second-order valence-electron chi connectivity index (χ2n) is 7.26. The van der Waals surface area contributed by atoms with Crippen molar-refractivity contribution in [3.63, 3.8) is 0 Å². The number of carboxylic acids is 1. The molecule has 0 bridgehead atoms. The molecule has 0 fully saturated rings. The fraction of sp³-hybridized carbons (Fsp3) is 0.217. The van der Waals surface area contributed by atoms with Gasteiger partial charge in [0.15, 0.2) is 5.13 Å². The van der Waals surface area contributed by atoms with Crippen molar-refractivity contribution in [3.8, 4) is 11.1 Å². The average Bonchev–Trinajstić information content (AvgIpc) is 3.38. The first-order valence-corrected chi connectivity index (χ1v) is 11.0. The molecule has 1 aliphatic carbocycles. The third-order valence-corrected chi connectivity index (χ3v) is 6.06. The van der Waals surface area contributed by atoms with Crippen LogP contribution < -0.4 is 10.6 Å². The number of carbonyl (C=O) groups is 3. The predicted octanol–water partition coefficient (Wildman–Crippen LogP) is 4.10. The number of carbonyl (C=O) groups excluding carboxylic acids is 2. The van der Waals surface area contributed by atoms with E-state index in [0.717, 1.165) is 33.6 Å². The monoisotopic (exact) mass is 451 g/mol. The Hall–Kier alpha value is -3.72. The molecule has 32 heavy (non-hydrogen) atoms. The molecular formula is C23H21N3O5S. The minimum absolute atomic E-state index is 0.0312. The number of carboxylic acid groups (broad SMARTS) is 1. The van der Waals surface area contributed by atoms with E-state index in [1.165, 1.54) is 5.38 Å². The number of nitrogens with one attached hydrogen (secondary N) is 2. The largest absolute Gasteiger partial charge is 0.480 e. The van der Waals surface area contributed by atoms with Crippen LogP contribution >= 0.6 is 11.3 Å². The smallest absolute Gasteiger partial charge is 0.413 e. The van der Waals surface area contributed by atoms with Crippen molar-refractivity contribution in [2.45, 2.75) is 25.3 Å². The molecule has 0 unspecified atom stereocenters. The lowest BCUT2D eigenvalue weighted by Gasteiger charge is -2.14. The van der Waals surface area contributed by atoms with E-state index in [0.29, 0.717) is 0 Å². The van der Waals surface area contributed by atoms with E-state index in [2.05, 4.69) is 27.8 Å². The first-order valence-electron chi connectivity index (χ1n) is 10.1. The Morgan fingerprint density at radius 2 is 1.72 bits per heavy atom. The number of nitrogens with zero attached hydrogens (tertiary/aromatic N) is 1. The third-order valence-electron chi connectivity index (χ3n) is 5.30. The minimum atomic E-state index is -1.12.